The van der Waals surface area contributed by atoms with E-state index in [0.717, 1.165) is 16.8 Å². The van der Waals surface area contributed by atoms with Gasteiger partial charge in [-0.25, -0.2) is 9.79 Å². The standard InChI is InChI=1S/C26H28N4O5S/c1-5-21-23(25(32)35-4)24(17-9-19(33-2)12-20(10-17)34-3)30-18(15-36-26(30)29-21)11-22(31)28-14-16-7-6-8-27-13-16/h6-10,12-13,15,24H,5,11,14H2,1-4H3,(H,28,31)/t24-/m0/s1. The number of rotatable bonds is 9. The van der Waals surface area contributed by atoms with Gasteiger partial charge < -0.3 is 24.4 Å². The zero-order chi connectivity index (χ0) is 25.7. The fourth-order valence-electron chi connectivity index (χ4n) is 4.15. The zero-order valence-corrected chi connectivity index (χ0v) is 21.4. The number of pyridine rings is 1. The third kappa shape index (κ3) is 5.23. The summed E-state index contributed by atoms with van der Waals surface area (Å²) in [7, 11) is 4.50. The second-order valence-corrected chi connectivity index (χ2v) is 8.90. The first-order valence-electron chi connectivity index (χ1n) is 11.4. The fourth-order valence-corrected chi connectivity index (χ4v) is 5.08. The number of aromatic nitrogens is 1. The number of amidine groups is 1. The average Bonchev–Trinajstić information content (AvgIpc) is 3.32. The Bertz CT molecular complexity index is 1220. The summed E-state index contributed by atoms with van der Waals surface area (Å²) in [5.41, 5.74) is 3.46. The van der Waals surface area contributed by atoms with Gasteiger partial charge in [0.25, 0.3) is 0 Å². The van der Waals surface area contributed by atoms with Crippen LogP contribution in [-0.2, 0) is 20.9 Å². The van der Waals surface area contributed by atoms with Gasteiger partial charge in [0, 0.05) is 30.7 Å². The van der Waals surface area contributed by atoms with Crippen molar-refractivity contribution < 1.29 is 23.8 Å². The number of ether oxygens (including phenoxy) is 3. The highest BCUT2D eigenvalue weighted by Crippen LogP contribution is 2.46. The van der Waals surface area contributed by atoms with Gasteiger partial charge in [-0.05, 0) is 41.2 Å². The molecule has 9 nitrogen and oxygen atoms in total. The monoisotopic (exact) mass is 508 g/mol. The minimum absolute atomic E-state index is 0.111. The van der Waals surface area contributed by atoms with E-state index >= 15 is 0 Å². The Labute approximate surface area is 214 Å². The van der Waals surface area contributed by atoms with Gasteiger partial charge in [0.2, 0.25) is 5.91 Å². The maximum Gasteiger partial charge on any atom is 0.338 e. The van der Waals surface area contributed by atoms with E-state index in [-0.39, 0.29) is 12.3 Å². The number of carbonyl (C=O) groups is 2. The minimum Gasteiger partial charge on any atom is -0.497 e. The summed E-state index contributed by atoms with van der Waals surface area (Å²) < 4.78 is 16.2. The number of amides is 1. The Hall–Kier alpha value is -3.79. The second-order valence-electron chi connectivity index (χ2n) is 8.06. The van der Waals surface area contributed by atoms with Crippen LogP contribution < -0.4 is 14.8 Å². The van der Waals surface area contributed by atoms with Crippen molar-refractivity contribution >= 4 is 28.8 Å². The van der Waals surface area contributed by atoms with E-state index in [0.29, 0.717) is 40.9 Å². The molecule has 36 heavy (non-hydrogen) atoms. The topological polar surface area (TPSA) is 102 Å². The summed E-state index contributed by atoms with van der Waals surface area (Å²) in [4.78, 5) is 36.7. The van der Waals surface area contributed by atoms with Crippen molar-refractivity contribution in [2.75, 3.05) is 21.3 Å². The van der Waals surface area contributed by atoms with Crippen molar-refractivity contribution in [1.82, 2.24) is 15.2 Å². The summed E-state index contributed by atoms with van der Waals surface area (Å²) in [5, 5.41) is 5.54. The molecular weight excluding hydrogens is 480 g/mol. The fraction of sp³-hybridized carbons (Fsp3) is 0.308. The number of nitrogens with zero attached hydrogens (tertiary/aromatic N) is 3. The number of nitrogens with one attached hydrogen (secondary N) is 1. The lowest BCUT2D eigenvalue weighted by atomic mass is 9.92. The largest absolute Gasteiger partial charge is 0.497 e. The van der Waals surface area contributed by atoms with E-state index in [1.165, 1.54) is 18.9 Å². The molecular formula is C26H28N4O5S. The van der Waals surface area contributed by atoms with E-state index in [2.05, 4.69) is 10.3 Å². The highest BCUT2D eigenvalue weighted by atomic mass is 32.2. The van der Waals surface area contributed by atoms with E-state index in [1.807, 2.05) is 41.5 Å². The van der Waals surface area contributed by atoms with Crippen molar-refractivity contribution in [2.45, 2.75) is 32.4 Å². The molecule has 1 N–H and O–H groups in total. The molecule has 0 unspecified atom stereocenters. The van der Waals surface area contributed by atoms with Gasteiger partial charge in [-0.15, -0.1) is 0 Å². The quantitative estimate of drug-likeness (QED) is 0.508. The number of carbonyl (C=O) groups excluding carboxylic acids is 2. The van der Waals surface area contributed by atoms with Gasteiger partial charge in [-0.2, -0.15) is 0 Å². The molecule has 0 aliphatic carbocycles. The van der Waals surface area contributed by atoms with Gasteiger partial charge in [-0.1, -0.05) is 24.8 Å². The molecule has 0 fully saturated rings. The molecule has 0 radical (unpaired) electrons. The second kappa shape index (κ2) is 11.3. The lowest BCUT2D eigenvalue weighted by Gasteiger charge is -2.36. The number of esters is 1. The third-order valence-electron chi connectivity index (χ3n) is 5.87. The lowest BCUT2D eigenvalue weighted by molar-refractivity contribution is -0.136. The predicted octanol–water partition coefficient (Wildman–Crippen LogP) is 3.94. The Morgan fingerprint density at radius 1 is 1.14 bits per heavy atom. The minimum atomic E-state index is -0.573. The van der Waals surface area contributed by atoms with Crippen LogP contribution in [0.2, 0.25) is 0 Å². The summed E-state index contributed by atoms with van der Waals surface area (Å²) in [6.45, 7) is 2.32. The van der Waals surface area contributed by atoms with E-state index in [9.17, 15) is 9.59 Å². The molecule has 4 rings (SSSR count). The van der Waals surface area contributed by atoms with Gasteiger partial charge in [0.1, 0.15) is 11.5 Å². The molecule has 1 amide bonds. The van der Waals surface area contributed by atoms with Crippen molar-refractivity contribution in [1.29, 1.82) is 0 Å². The van der Waals surface area contributed by atoms with Crippen LogP contribution in [0, 0.1) is 0 Å². The number of allylic oxidation sites excluding steroid dienone is 1. The number of thioether (sulfide) groups is 1. The third-order valence-corrected chi connectivity index (χ3v) is 6.76. The van der Waals surface area contributed by atoms with Gasteiger partial charge >= 0.3 is 5.97 Å². The summed E-state index contributed by atoms with van der Waals surface area (Å²) >= 11 is 1.42. The van der Waals surface area contributed by atoms with Gasteiger partial charge in [0.05, 0.1) is 45.1 Å². The van der Waals surface area contributed by atoms with Crippen molar-refractivity contribution in [3.63, 3.8) is 0 Å². The molecule has 188 valence electrons. The maximum atomic E-state index is 13.1. The molecule has 1 aromatic carbocycles. The van der Waals surface area contributed by atoms with Crippen LogP contribution in [0.1, 0.15) is 36.9 Å². The molecule has 2 aliphatic heterocycles. The first-order valence-corrected chi connectivity index (χ1v) is 12.3. The molecule has 0 saturated carbocycles. The number of benzene rings is 1. The highest BCUT2D eigenvalue weighted by molar-refractivity contribution is 8.16. The van der Waals surface area contributed by atoms with Crippen LogP contribution >= 0.6 is 11.8 Å². The molecule has 1 aromatic heterocycles. The van der Waals surface area contributed by atoms with Gasteiger partial charge in [0.15, 0.2) is 5.17 Å². The van der Waals surface area contributed by atoms with E-state index < -0.39 is 12.0 Å². The number of hydrogen-bond donors (Lipinski definition) is 1. The average molecular weight is 509 g/mol. The summed E-state index contributed by atoms with van der Waals surface area (Å²) in [5.74, 6) is 0.544. The molecule has 10 heteroatoms. The van der Waals surface area contributed by atoms with Crippen LogP contribution in [0.4, 0.5) is 0 Å². The zero-order valence-electron chi connectivity index (χ0n) is 20.6. The van der Waals surface area contributed by atoms with Crippen LogP contribution in [-0.4, -0.2) is 48.3 Å². The van der Waals surface area contributed by atoms with Crippen molar-refractivity contribution in [2.24, 2.45) is 4.99 Å². The van der Waals surface area contributed by atoms with E-state index in [1.54, 1.807) is 32.7 Å². The summed E-state index contributed by atoms with van der Waals surface area (Å²) in [6.07, 6.45) is 4.06. The van der Waals surface area contributed by atoms with Crippen molar-refractivity contribution in [3.8, 4) is 11.5 Å². The number of methoxy groups -OCH3 is 3. The Morgan fingerprint density at radius 2 is 1.89 bits per heavy atom. The molecule has 2 aromatic rings. The van der Waals surface area contributed by atoms with Crippen LogP contribution in [0.15, 0.2) is 70.1 Å². The van der Waals surface area contributed by atoms with Crippen LogP contribution in [0.5, 0.6) is 11.5 Å². The SMILES string of the molecule is CCC1=C(C(=O)OC)[C@H](c2cc(OC)cc(OC)c2)N2C(CC(=O)NCc3cccnc3)=CSC2=N1. The Balaban J connectivity index is 1.69. The van der Waals surface area contributed by atoms with Crippen LogP contribution in [0.3, 0.4) is 0 Å². The molecule has 0 saturated heterocycles. The normalized spacial score (nSPS) is 16.7. The number of hydrogen-bond acceptors (Lipinski definition) is 9. The first kappa shape index (κ1) is 25.3. The smallest absolute Gasteiger partial charge is 0.338 e. The molecule has 0 spiro atoms. The number of fused-ring (bicyclic) bond motifs is 1. The maximum absolute atomic E-state index is 13.1. The molecule has 3 heterocycles. The predicted molar refractivity (Wildman–Crippen MR) is 137 cm³/mol. The lowest BCUT2D eigenvalue weighted by Crippen LogP contribution is -2.38. The highest BCUT2D eigenvalue weighted by Gasteiger charge is 2.41. The molecule has 1 atom stereocenters. The van der Waals surface area contributed by atoms with E-state index in [4.69, 9.17) is 19.2 Å². The van der Waals surface area contributed by atoms with Gasteiger partial charge in [-0.3, -0.25) is 9.78 Å². The number of aliphatic imine (C=N–C) groups is 1. The first-order chi connectivity index (χ1) is 17.5. The molecule has 0 bridgehead atoms. The Morgan fingerprint density at radius 3 is 2.50 bits per heavy atom. The van der Waals surface area contributed by atoms with Crippen molar-refractivity contribution in [3.05, 3.63) is 76.2 Å². The summed E-state index contributed by atoms with van der Waals surface area (Å²) in [6, 6.07) is 8.64. The van der Waals surface area contributed by atoms with Crippen LogP contribution in [0.25, 0.3) is 0 Å². The molecule has 2 aliphatic rings. The Kier molecular flexibility index (Phi) is 7.94.